The summed E-state index contributed by atoms with van der Waals surface area (Å²) in [7, 11) is 0. The van der Waals surface area contributed by atoms with Crippen LogP contribution in [0.1, 0.15) is 8.35 Å². The van der Waals surface area contributed by atoms with E-state index in [4.69, 9.17) is 9.47 Å². The smallest absolute Gasteiger partial charge is 0.414 e. The molecule has 3 heterocycles. The van der Waals surface area contributed by atoms with Crippen LogP contribution in [0.2, 0.25) is 0 Å². The molecule has 0 unspecified atom stereocenters. The Morgan fingerprint density at radius 3 is 2.80 bits per heavy atom. The Morgan fingerprint density at radius 2 is 2.20 bits per heavy atom. The average molecular weight is 351 g/mol. The molecule has 1 aromatic rings. The van der Waals surface area contributed by atoms with E-state index in [-0.39, 0.29) is 31.7 Å². The largest absolute Gasteiger partial charge is 0.442 e. The van der Waals surface area contributed by atoms with Gasteiger partial charge in [0.1, 0.15) is 11.9 Å². The van der Waals surface area contributed by atoms with E-state index in [9.17, 15) is 14.0 Å². The third-order valence-electron chi connectivity index (χ3n) is 4.91. The maximum absolute atomic E-state index is 14.5. The quantitative estimate of drug-likeness (QED) is 0.887. The van der Waals surface area contributed by atoms with Crippen molar-refractivity contribution < 1.29 is 24.9 Å². The minimum absolute atomic E-state index is 0. The summed E-state index contributed by atoms with van der Waals surface area (Å²) in [4.78, 5) is 26.3. The molecular weight excluding hydrogens is 329 g/mol. The van der Waals surface area contributed by atoms with Gasteiger partial charge < -0.3 is 19.7 Å². The topological polar surface area (TPSA) is 71.1 Å². The second-order valence-corrected chi connectivity index (χ2v) is 7.04. The van der Waals surface area contributed by atoms with E-state index < -0.39 is 12.2 Å². The molecule has 1 spiro atoms. The number of ether oxygens (including phenoxy) is 2. The molecule has 3 fully saturated rings. The summed E-state index contributed by atoms with van der Waals surface area (Å²) in [6, 6.07) is 4.79. The molecule has 0 bridgehead atoms. The molecule has 7 nitrogen and oxygen atoms in total. The number of amides is 2. The number of anilines is 2. The van der Waals surface area contributed by atoms with Gasteiger partial charge in [0, 0.05) is 21.4 Å². The molecule has 0 aromatic heterocycles. The predicted octanol–water partition coefficient (Wildman–Crippen LogP) is 1.37. The number of nitrogens with zero attached hydrogens (tertiary/aromatic N) is 2. The van der Waals surface area contributed by atoms with Crippen molar-refractivity contribution in [3.8, 4) is 0 Å². The molecule has 3 aliphatic rings. The van der Waals surface area contributed by atoms with Crippen molar-refractivity contribution in [2.24, 2.45) is 5.41 Å². The van der Waals surface area contributed by atoms with Gasteiger partial charge in [0.2, 0.25) is 5.91 Å². The Labute approximate surface area is 146 Å². The van der Waals surface area contributed by atoms with Crippen LogP contribution in [-0.4, -0.2) is 57.5 Å². The van der Waals surface area contributed by atoms with Gasteiger partial charge in [-0.3, -0.25) is 9.69 Å². The van der Waals surface area contributed by atoms with Crippen LogP contribution >= 0.6 is 0 Å². The second kappa shape index (κ2) is 5.87. The van der Waals surface area contributed by atoms with Crippen molar-refractivity contribution in [1.29, 1.82) is 0 Å². The molecule has 0 aliphatic carbocycles. The van der Waals surface area contributed by atoms with E-state index in [1.165, 1.54) is 17.9 Å². The summed E-state index contributed by atoms with van der Waals surface area (Å²) >= 11 is 0. The molecule has 1 N–H and O–H groups in total. The Hall–Kier alpha value is -2.35. The fourth-order valence-electron chi connectivity index (χ4n) is 3.52. The lowest BCUT2D eigenvalue weighted by Crippen LogP contribution is -2.66. The van der Waals surface area contributed by atoms with E-state index in [2.05, 4.69) is 5.32 Å². The number of cyclic esters (lactones) is 1. The third kappa shape index (κ3) is 2.90. The van der Waals surface area contributed by atoms with Gasteiger partial charge in [-0.25, -0.2) is 9.18 Å². The summed E-state index contributed by atoms with van der Waals surface area (Å²) < 4.78 is 25.0. The monoisotopic (exact) mass is 351 g/mol. The summed E-state index contributed by atoms with van der Waals surface area (Å²) in [5.41, 5.74) is 1.21. The van der Waals surface area contributed by atoms with Crippen LogP contribution in [0.25, 0.3) is 0 Å². The normalized spacial score (nSPS) is 23.9. The molecule has 4 rings (SSSR count). The van der Waals surface area contributed by atoms with E-state index >= 15 is 0 Å². The molecule has 1 atom stereocenters. The predicted molar refractivity (Wildman–Crippen MR) is 90.3 cm³/mol. The van der Waals surface area contributed by atoms with Crippen LogP contribution in [0.4, 0.5) is 20.6 Å². The first-order valence-corrected chi connectivity index (χ1v) is 8.31. The van der Waals surface area contributed by atoms with Gasteiger partial charge in [0.05, 0.1) is 43.1 Å². The van der Waals surface area contributed by atoms with Gasteiger partial charge >= 0.3 is 6.09 Å². The van der Waals surface area contributed by atoms with E-state index in [1.807, 2.05) is 4.90 Å². The minimum atomic E-state index is -0.531. The zero-order valence-corrected chi connectivity index (χ0v) is 14.0. The van der Waals surface area contributed by atoms with Gasteiger partial charge in [0.25, 0.3) is 0 Å². The number of rotatable bonds is 4. The molecule has 1 aromatic carbocycles. The maximum atomic E-state index is 14.5. The van der Waals surface area contributed by atoms with Crippen molar-refractivity contribution in [1.82, 2.24) is 5.32 Å². The van der Waals surface area contributed by atoms with Gasteiger partial charge in [-0.15, -0.1) is 0 Å². The van der Waals surface area contributed by atoms with E-state index in [0.717, 1.165) is 26.3 Å². The number of hydrogen-bond donors (Lipinski definition) is 1. The Kier molecular flexibility index (Phi) is 3.79. The molecule has 25 heavy (non-hydrogen) atoms. The first kappa shape index (κ1) is 16.1. The Balaban J connectivity index is 0.00000196. The van der Waals surface area contributed by atoms with E-state index in [0.29, 0.717) is 11.4 Å². The van der Waals surface area contributed by atoms with Gasteiger partial charge in [-0.05, 0) is 18.2 Å². The highest BCUT2D eigenvalue weighted by Gasteiger charge is 2.49. The summed E-state index contributed by atoms with van der Waals surface area (Å²) in [6.45, 7) is 5.02. The maximum Gasteiger partial charge on any atom is 0.414 e. The van der Waals surface area contributed by atoms with Crippen LogP contribution in [0, 0.1) is 11.2 Å². The van der Waals surface area contributed by atoms with Crippen LogP contribution in [-0.2, 0) is 14.3 Å². The third-order valence-corrected chi connectivity index (χ3v) is 4.91. The summed E-state index contributed by atoms with van der Waals surface area (Å²) in [5, 5.41) is 2.62. The molecule has 3 aliphatic heterocycles. The zero-order chi connectivity index (χ0) is 17.6. The standard InChI is InChI=1S/C17H20FN3O4.H2/c1-11(22)19-5-13-6-21(16(23)25-13)12-2-3-15(14(18)4-12)20-7-17(8-20)9-24-10-17;/h2-4,13H,5-10H2,1H3,(H,19,22);1H/t13-;/m0./s1. The Bertz CT molecular complexity index is 720. The molecule has 136 valence electrons. The van der Waals surface area contributed by atoms with E-state index in [1.54, 1.807) is 12.1 Å². The van der Waals surface area contributed by atoms with Crippen LogP contribution in [0.3, 0.4) is 0 Å². The molecule has 3 saturated heterocycles. The van der Waals surface area contributed by atoms with Crippen molar-refractivity contribution in [2.75, 3.05) is 49.2 Å². The molecular formula is C17H22FN3O4. The van der Waals surface area contributed by atoms with Crippen LogP contribution < -0.4 is 15.1 Å². The lowest BCUT2D eigenvalue weighted by atomic mass is 9.78. The van der Waals surface area contributed by atoms with Gasteiger partial charge in [0.15, 0.2) is 0 Å². The summed E-state index contributed by atoms with van der Waals surface area (Å²) in [6.07, 6.45) is -0.968. The first-order chi connectivity index (χ1) is 12.0. The van der Waals surface area contributed by atoms with Crippen molar-refractivity contribution in [3.63, 3.8) is 0 Å². The average Bonchev–Trinajstić information content (AvgIpc) is 2.85. The minimum Gasteiger partial charge on any atom is -0.442 e. The highest BCUT2D eigenvalue weighted by molar-refractivity contribution is 5.90. The Morgan fingerprint density at radius 1 is 1.44 bits per heavy atom. The lowest BCUT2D eigenvalue weighted by Gasteiger charge is -2.56. The van der Waals surface area contributed by atoms with Crippen LogP contribution in [0.5, 0.6) is 0 Å². The lowest BCUT2D eigenvalue weighted by molar-refractivity contribution is -0.127. The fourth-order valence-corrected chi connectivity index (χ4v) is 3.52. The van der Waals surface area contributed by atoms with Gasteiger partial charge in [-0.2, -0.15) is 0 Å². The second-order valence-electron chi connectivity index (χ2n) is 7.04. The van der Waals surface area contributed by atoms with Crippen LogP contribution in [0.15, 0.2) is 18.2 Å². The number of benzene rings is 1. The zero-order valence-electron chi connectivity index (χ0n) is 14.0. The molecule has 0 saturated carbocycles. The summed E-state index contributed by atoms with van der Waals surface area (Å²) in [5.74, 6) is -0.542. The number of nitrogens with one attached hydrogen (secondary N) is 1. The van der Waals surface area contributed by atoms with Crippen molar-refractivity contribution >= 4 is 23.4 Å². The number of halogens is 1. The molecule has 8 heteroatoms. The first-order valence-electron chi connectivity index (χ1n) is 8.31. The van der Waals surface area contributed by atoms with Gasteiger partial charge in [-0.1, -0.05) is 0 Å². The SMILES string of the molecule is CC(=O)NC[C@H]1CN(c2ccc(N3CC4(COC4)C3)c(F)c2)C(=O)O1.[HH]. The van der Waals surface area contributed by atoms with Crippen molar-refractivity contribution in [2.45, 2.75) is 13.0 Å². The van der Waals surface area contributed by atoms with Crippen molar-refractivity contribution in [3.05, 3.63) is 24.0 Å². The highest BCUT2D eigenvalue weighted by atomic mass is 19.1. The highest BCUT2D eigenvalue weighted by Crippen LogP contribution is 2.41. The number of hydrogen-bond acceptors (Lipinski definition) is 5. The number of carbonyl (C=O) groups excluding carboxylic acids is 2. The molecule has 2 amide bonds. The number of carbonyl (C=O) groups is 2. The molecule has 0 radical (unpaired) electrons. The fraction of sp³-hybridized carbons (Fsp3) is 0.529.